The molecular weight excluding hydrogens is 317 g/mol. The van der Waals surface area contributed by atoms with Gasteiger partial charge in [-0.15, -0.1) is 12.4 Å². The number of nitriles is 1. The van der Waals surface area contributed by atoms with E-state index >= 15 is 0 Å². The van der Waals surface area contributed by atoms with Crippen molar-refractivity contribution in [2.75, 3.05) is 20.1 Å². The van der Waals surface area contributed by atoms with Crippen LogP contribution in [-0.2, 0) is 5.41 Å². The molecule has 3 nitrogen and oxygen atoms in total. The molecule has 0 atom stereocenters. The van der Waals surface area contributed by atoms with Crippen molar-refractivity contribution in [3.05, 3.63) is 34.9 Å². The Labute approximate surface area is 144 Å². The Morgan fingerprint density at radius 2 is 2.09 bits per heavy atom. The first-order valence-corrected chi connectivity index (χ1v) is 8.02. The highest BCUT2D eigenvalue weighted by molar-refractivity contribution is 6.30. The van der Waals surface area contributed by atoms with Crippen molar-refractivity contribution >= 4 is 24.0 Å². The van der Waals surface area contributed by atoms with Gasteiger partial charge >= 0.3 is 0 Å². The Kier molecular flexibility index (Phi) is 7.65. The molecule has 0 amide bonds. The fourth-order valence-electron chi connectivity index (χ4n) is 3.43. The van der Waals surface area contributed by atoms with Gasteiger partial charge in [0.05, 0.1) is 6.07 Å². The van der Waals surface area contributed by atoms with Crippen molar-refractivity contribution < 1.29 is 0 Å². The summed E-state index contributed by atoms with van der Waals surface area (Å²) in [5, 5.41) is 9.49. The summed E-state index contributed by atoms with van der Waals surface area (Å²) in [4.78, 5) is 2.32. The Morgan fingerprint density at radius 3 is 2.64 bits per heavy atom. The number of rotatable bonds is 5. The third-order valence-corrected chi connectivity index (χ3v) is 5.17. The lowest BCUT2D eigenvalue weighted by Crippen LogP contribution is -2.44. The Morgan fingerprint density at radius 1 is 1.41 bits per heavy atom. The van der Waals surface area contributed by atoms with Gasteiger partial charge in [0, 0.05) is 36.0 Å². The molecule has 0 heterocycles. The van der Waals surface area contributed by atoms with Gasteiger partial charge < -0.3 is 10.6 Å². The van der Waals surface area contributed by atoms with Crippen LogP contribution in [0.25, 0.3) is 0 Å². The van der Waals surface area contributed by atoms with E-state index in [0.717, 1.165) is 37.3 Å². The van der Waals surface area contributed by atoms with Gasteiger partial charge in [-0.3, -0.25) is 0 Å². The van der Waals surface area contributed by atoms with Crippen LogP contribution in [0, 0.1) is 11.3 Å². The summed E-state index contributed by atoms with van der Waals surface area (Å²) in [6.07, 6.45) is 5.04. The van der Waals surface area contributed by atoms with Gasteiger partial charge in [0.1, 0.15) is 0 Å². The maximum atomic E-state index is 8.70. The van der Waals surface area contributed by atoms with E-state index in [4.69, 9.17) is 22.6 Å². The molecule has 0 spiro atoms. The molecular formula is C17H25Cl2N3. The number of nitrogens with two attached hydrogens (primary N) is 1. The highest BCUT2D eigenvalue weighted by Crippen LogP contribution is 2.40. The first kappa shape index (κ1) is 19.3. The Hall–Kier alpha value is -0.790. The fraction of sp³-hybridized carbons (Fsp3) is 0.588. The largest absolute Gasteiger partial charge is 0.330 e. The van der Waals surface area contributed by atoms with Crippen LogP contribution in [0.2, 0.25) is 5.02 Å². The first-order chi connectivity index (χ1) is 10.1. The van der Waals surface area contributed by atoms with Crippen molar-refractivity contribution in [3.8, 4) is 6.07 Å². The van der Waals surface area contributed by atoms with E-state index in [9.17, 15) is 0 Å². The number of halogens is 2. The monoisotopic (exact) mass is 341 g/mol. The van der Waals surface area contributed by atoms with Gasteiger partial charge in [-0.05, 0) is 50.4 Å². The van der Waals surface area contributed by atoms with Gasteiger partial charge in [-0.1, -0.05) is 23.7 Å². The Balaban J connectivity index is 0.00000242. The molecule has 0 unspecified atom stereocenters. The molecule has 1 fully saturated rings. The predicted octanol–water partition coefficient (Wildman–Crippen LogP) is 3.75. The summed E-state index contributed by atoms with van der Waals surface area (Å²) >= 11 is 6.14. The van der Waals surface area contributed by atoms with Crippen LogP contribution in [0.15, 0.2) is 24.3 Å². The molecule has 0 aliphatic heterocycles. The van der Waals surface area contributed by atoms with Crippen molar-refractivity contribution in [2.24, 2.45) is 5.73 Å². The smallest absolute Gasteiger partial charge is 0.0635 e. The third-order valence-electron chi connectivity index (χ3n) is 4.94. The van der Waals surface area contributed by atoms with Crippen LogP contribution >= 0.6 is 24.0 Å². The zero-order valence-corrected chi connectivity index (χ0v) is 14.7. The zero-order valence-electron chi connectivity index (χ0n) is 13.1. The summed E-state index contributed by atoms with van der Waals surface area (Å²) in [6, 6.07) is 10.9. The SMILES string of the molecule is CN(CCC#N)[C@H]1CC[C@](CN)(c2cccc(Cl)c2)CC1.Cl. The average molecular weight is 342 g/mol. The van der Waals surface area contributed by atoms with Gasteiger partial charge in [0.15, 0.2) is 0 Å². The summed E-state index contributed by atoms with van der Waals surface area (Å²) in [6.45, 7) is 1.52. The zero-order chi connectivity index (χ0) is 15.3. The molecule has 22 heavy (non-hydrogen) atoms. The molecule has 122 valence electrons. The average Bonchev–Trinajstić information content (AvgIpc) is 2.52. The second kappa shape index (κ2) is 8.74. The van der Waals surface area contributed by atoms with Crippen LogP contribution < -0.4 is 5.73 Å². The highest BCUT2D eigenvalue weighted by Gasteiger charge is 2.36. The van der Waals surface area contributed by atoms with Crippen LogP contribution in [0.5, 0.6) is 0 Å². The normalized spacial score (nSPS) is 24.6. The van der Waals surface area contributed by atoms with Crippen molar-refractivity contribution in [1.82, 2.24) is 4.90 Å². The van der Waals surface area contributed by atoms with E-state index in [1.165, 1.54) is 5.56 Å². The third kappa shape index (κ3) is 4.36. The van der Waals surface area contributed by atoms with E-state index in [-0.39, 0.29) is 17.8 Å². The van der Waals surface area contributed by atoms with Crippen molar-refractivity contribution in [3.63, 3.8) is 0 Å². The quantitative estimate of drug-likeness (QED) is 0.887. The van der Waals surface area contributed by atoms with Crippen LogP contribution in [0.3, 0.4) is 0 Å². The van der Waals surface area contributed by atoms with E-state index in [0.29, 0.717) is 19.0 Å². The maximum absolute atomic E-state index is 8.70. The summed E-state index contributed by atoms with van der Waals surface area (Å²) in [7, 11) is 2.12. The van der Waals surface area contributed by atoms with Crippen LogP contribution in [0.1, 0.15) is 37.7 Å². The molecule has 2 rings (SSSR count). The summed E-state index contributed by atoms with van der Waals surface area (Å²) < 4.78 is 0. The molecule has 0 radical (unpaired) electrons. The minimum atomic E-state index is 0. The van der Waals surface area contributed by atoms with E-state index < -0.39 is 0 Å². The minimum absolute atomic E-state index is 0. The topological polar surface area (TPSA) is 53.0 Å². The van der Waals surface area contributed by atoms with Gasteiger partial charge in [-0.2, -0.15) is 5.26 Å². The molecule has 1 saturated carbocycles. The second-order valence-corrected chi connectivity index (χ2v) is 6.55. The van der Waals surface area contributed by atoms with Crippen molar-refractivity contribution in [1.29, 1.82) is 5.26 Å². The van der Waals surface area contributed by atoms with Gasteiger partial charge in [0.25, 0.3) is 0 Å². The van der Waals surface area contributed by atoms with Crippen LogP contribution in [0.4, 0.5) is 0 Å². The number of benzene rings is 1. The number of hydrogen-bond acceptors (Lipinski definition) is 3. The first-order valence-electron chi connectivity index (χ1n) is 7.64. The molecule has 5 heteroatoms. The highest BCUT2D eigenvalue weighted by atomic mass is 35.5. The summed E-state index contributed by atoms with van der Waals surface area (Å²) in [5.74, 6) is 0. The lowest BCUT2D eigenvalue weighted by atomic mass is 9.68. The number of hydrogen-bond donors (Lipinski definition) is 1. The molecule has 1 aromatic carbocycles. The second-order valence-electron chi connectivity index (χ2n) is 6.11. The standard InChI is InChI=1S/C17H24ClN3.ClH/c1-21(11-3-10-19)16-6-8-17(13-20,9-7-16)14-4-2-5-15(18)12-14;/h2,4-5,12,16H,3,6-9,11,13,20H2,1H3;1H/t16-,17-;. The van der Waals surface area contributed by atoms with Crippen molar-refractivity contribution in [2.45, 2.75) is 43.6 Å². The molecule has 1 aliphatic rings. The van der Waals surface area contributed by atoms with E-state index in [2.05, 4.69) is 30.1 Å². The minimum Gasteiger partial charge on any atom is -0.330 e. The molecule has 1 aromatic rings. The molecule has 0 aromatic heterocycles. The molecule has 1 aliphatic carbocycles. The van der Waals surface area contributed by atoms with Gasteiger partial charge in [0.2, 0.25) is 0 Å². The predicted molar refractivity (Wildman–Crippen MR) is 94.5 cm³/mol. The van der Waals surface area contributed by atoms with Gasteiger partial charge in [-0.25, -0.2) is 0 Å². The van der Waals surface area contributed by atoms with E-state index in [1.807, 2.05) is 12.1 Å². The molecule has 0 bridgehead atoms. The Bertz CT molecular complexity index is 505. The van der Waals surface area contributed by atoms with E-state index in [1.54, 1.807) is 0 Å². The molecule has 2 N–H and O–H groups in total. The summed E-state index contributed by atoms with van der Waals surface area (Å²) in [5.41, 5.74) is 7.46. The maximum Gasteiger partial charge on any atom is 0.0635 e. The lowest BCUT2D eigenvalue weighted by Gasteiger charge is -2.42. The van der Waals surface area contributed by atoms with Crippen LogP contribution in [-0.4, -0.2) is 31.1 Å². The molecule has 0 saturated heterocycles. The lowest BCUT2D eigenvalue weighted by molar-refractivity contribution is 0.152. The fourth-order valence-corrected chi connectivity index (χ4v) is 3.62. The number of nitrogens with zero attached hydrogens (tertiary/aromatic N) is 2.